The topological polar surface area (TPSA) is 73.6 Å². The van der Waals surface area contributed by atoms with Crippen molar-refractivity contribution in [3.63, 3.8) is 0 Å². The van der Waals surface area contributed by atoms with Gasteiger partial charge in [-0.25, -0.2) is 4.98 Å². The predicted octanol–water partition coefficient (Wildman–Crippen LogP) is 6.50. The van der Waals surface area contributed by atoms with Crippen LogP contribution in [0.2, 0.25) is 5.02 Å². The van der Waals surface area contributed by atoms with Gasteiger partial charge in [0, 0.05) is 5.02 Å². The van der Waals surface area contributed by atoms with Crippen LogP contribution in [0.15, 0.2) is 36.4 Å². The van der Waals surface area contributed by atoms with Crippen molar-refractivity contribution in [1.29, 1.82) is 0 Å². The molecular weight excluding hydrogens is 440 g/mol. The number of ether oxygens (including phenoxy) is 2. The summed E-state index contributed by atoms with van der Waals surface area (Å²) in [6, 6.07) is 11.6. The fraction of sp³-hybridized carbons (Fsp3) is 0.462. The van der Waals surface area contributed by atoms with Crippen molar-refractivity contribution in [3.8, 4) is 11.5 Å². The van der Waals surface area contributed by atoms with Gasteiger partial charge in [0.05, 0.1) is 31.2 Å². The summed E-state index contributed by atoms with van der Waals surface area (Å²) < 4.78 is 13.9. The van der Waals surface area contributed by atoms with Crippen LogP contribution < -0.4 is 9.47 Å². The summed E-state index contributed by atoms with van der Waals surface area (Å²) in [5, 5.41) is 9.93. The molecule has 1 unspecified atom stereocenters. The third-order valence-corrected chi connectivity index (χ3v) is 6.21. The van der Waals surface area contributed by atoms with E-state index in [9.17, 15) is 9.90 Å². The van der Waals surface area contributed by atoms with Crippen molar-refractivity contribution >= 4 is 28.6 Å². The van der Waals surface area contributed by atoms with E-state index in [0.29, 0.717) is 43.4 Å². The first-order chi connectivity index (χ1) is 15.9. The van der Waals surface area contributed by atoms with E-state index in [1.807, 2.05) is 50.2 Å². The average molecular weight is 473 g/mol. The van der Waals surface area contributed by atoms with Crippen molar-refractivity contribution in [2.75, 3.05) is 13.2 Å². The molecule has 0 saturated carbocycles. The molecular formula is C26H33ClN2O4. The summed E-state index contributed by atoms with van der Waals surface area (Å²) >= 11 is 6.59. The van der Waals surface area contributed by atoms with Gasteiger partial charge in [-0.05, 0) is 56.0 Å². The molecule has 0 aliphatic heterocycles. The molecule has 0 fully saturated rings. The van der Waals surface area contributed by atoms with E-state index in [4.69, 9.17) is 21.1 Å². The molecule has 0 amide bonds. The van der Waals surface area contributed by atoms with Gasteiger partial charge >= 0.3 is 5.97 Å². The second-order valence-electron chi connectivity index (χ2n) is 8.26. The second-order valence-corrected chi connectivity index (χ2v) is 8.67. The SMILES string of the molecule is CCCCCOc1ccc(Cn2c(C)nc3cccc(OCCC(CC)C(=O)O)c32)c(Cl)c1. The van der Waals surface area contributed by atoms with Gasteiger partial charge in [-0.2, -0.15) is 0 Å². The van der Waals surface area contributed by atoms with Gasteiger partial charge in [-0.1, -0.05) is 50.4 Å². The maximum atomic E-state index is 11.3. The zero-order valence-electron chi connectivity index (χ0n) is 19.6. The number of para-hydroxylation sites is 1. The number of imidazole rings is 1. The smallest absolute Gasteiger partial charge is 0.306 e. The number of hydrogen-bond donors (Lipinski definition) is 1. The highest BCUT2D eigenvalue weighted by atomic mass is 35.5. The molecule has 1 aromatic heterocycles. The van der Waals surface area contributed by atoms with Crippen LogP contribution in [0.5, 0.6) is 11.5 Å². The van der Waals surface area contributed by atoms with E-state index in [1.54, 1.807) is 0 Å². The quantitative estimate of drug-likeness (QED) is 0.287. The number of nitrogens with zero attached hydrogens (tertiary/aromatic N) is 2. The Bertz CT molecular complexity index is 1080. The van der Waals surface area contributed by atoms with Gasteiger partial charge < -0.3 is 19.1 Å². The predicted molar refractivity (Wildman–Crippen MR) is 132 cm³/mol. The van der Waals surface area contributed by atoms with E-state index < -0.39 is 11.9 Å². The molecule has 0 aliphatic rings. The lowest BCUT2D eigenvalue weighted by atomic mass is 10.0. The molecule has 3 aromatic rings. The Morgan fingerprint density at radius 2 is 1.97 bits per heavy atom. The molecule has 0 radical (unpaired) electrons. The fourth-order valence-corrected chi connectivity index (χ4v) is 4.08. The Balaban J connectivity index is 1.78. The first-order valence-electron chi connectivity index (χ1n) is 11.7. The average Bonchev–Trinajstić information content (AvgIpc) is 3.11. The zero-order chi connectivity index (χ0) is 23.8. The molecule has 7 heteroatoms. The maximum Gasteiger partial charge on any atom is 0.306 e. The molecule has 3 rings (SSSR count). The highest BCUT2D eigenvalue weighted by Crippen LogP contribution is 2.30. The number of carbonyl (C=O) groups is 1. The number of halogens is 1. The van der Waals surface area contributed by atoms with Crippen LogP contribution in [0, 0.1) is 12.8 Å². The van der Waals surface area contributed by atoms with Crippen molar-refractivity contribution in [2.24, 2.45) is 5.92 Å². The van der Waals surface area contributed by atoms with E-state index in [-0.39, 0.29) is 0 Å². The van der Waals surface area contributed by atoms with Crippen LogP contribution in [-0.4, -0.2) is 33.8 Å². The van der Waals surface area contributed by atoms with Crippen LogP contribution in [0.4, 0.5) is 0 Å². The molecule has 0 aliphatic carbocycles. The van der Waals surface area contributed by atoms with Crippen LogP contribution in [0.25, 0.3) is 11.0 Å². The van der Waals surface area contributed by atoms with E-state index in [1.165, 1.54) is 0 Å². The Kier molecular flexibility index (Phi) is 9.01. The monoisotopic (exact) mass is 472 g/mol. The zero-order valence-corrected chi connectivity index (χ0v) is 20.4. The van der Waals surface area contributed by atoms with Gasteiger partial charge in [-0.15, -0.1) is 0 Å². The summed E-state index contributed by atoms with van der Waals surface area (Å²) in [7, 11) is 0. The van der Waals surface area contributed by atoms with Crippen molar-refractivity contribution < 1.29 is 19.4 Å². The minimum absolute atomic E-state index is 0.332. The largest absolute Gasteiger partial charge is 0.494 e. The van der Waals surface area contributed by atoms with Crippen molar-refractivity contribution in [3.05, 3.63) is 52.8 Å². The molecule has 2 aromatic carbocycles. The summed E-state index contributed by atoms with van der Waals surface area (Å²) in [4.78, 5) is 16.0. The normalized spacial score (nSPS) is 12.1. The Hall–Kier alpha value is -2.73. The lowest BCUT2D eigenvalue weighted by Crippen LogP contribution is -2.16. The van der Waals surface area contributed by atoms with Gasteiger partial charge in [0.15, 0.2) is 0 Å². The van der Waals surface area contributed by atoms with Crippen LogP contribution in [0.3, 0.4) is 0 Å². The first-order valence-corrected chi connectivity index (χ1v) is 12.0. The number of aryl methyl sites for hydroxylation is 1. The number of carboxylic acid groups (broad SMARTS) is 1. The molecule has 6 nitrogen and oxygen atoms in total. The molecule has 1 N–H and O–H groups in total. The highest BCUT2D eigenvalue weighted by Gasteiger charge is 2.17. The van der Waals surface area contributed by atoms with Gasteiger partial charge in [0.1, 0.15) is 22.8 Å². The standard InChI is InChI=1S/C26H33ClN2O4/c1-4-6-7-14-32-21-12-11-20(22(27)16-21)17-29-18(3)28-23-9-8-10-24(25(23)29)33-15-13-19(5-2)26(30)31/h8-12,16,19H,4-7,13-15,17H2,1-3H3,(H,30,31). The summed E-state index contributed by atoms with van der Waals surface area (Å²) in [6.45, 7) is 7.57. The number of unbranched alkanes of at least 4 members (excludes halogenated alkanes) is 2. The number of benzene rings is 2. The fourth-order valence-electron chi connectivity index (χ4n) is 3.85. The van der Waals surface area contributed by atoms with Crippen molar-refractivity contribution in [1.82, 2.24) is 9.55 Å². The van der Waals surface area contributed by atoms with Crippen LogP contribution in [0.1, 0.15) is 57.3 Å². The minimum Gasteiger partial charge on any atom is -0.494 e. The lowest BCUT2D eigenvalue weighted by molar-refractivity contribution is -0.142. The number of hydrogen-bond acceptors (Lipinski definition) is 4. The first kappa shape index (κ1) is 24.9. The summed E-state index contributed by atoms with van der Waals surface area (Å²) in [5.41, 5.74) is 2.68. The Labute approximate surface area is 200 Å². The number of aliphatic carboxylic acids is 1. The number of carboxylic acids is 1. The summed E-state index contributed by atoms with van der Waals surface area (Å²) in [6.07, 6.45) is 4.38. The highest BCUT2D eigenvalue weighted by molar-refractivity contribution is 6.31. The summed E-state index contributed by atoms with van der Waals surface area (Å²) in [5.74, 6) is 1.14. The van der Waals surface area contributed by atoms with Gasteiger partial charge in [0.25, 0.3) is 0 Å². The third kappa shape index (κ3) is 6.41. The molecule has 0 saturated heterocycles. The second kappa shape index (κ2) is 11.9. The van der Waals surface area contributed by atoms with Crippen LogP contribution >= 0.6 is 11.6 Å². The Morgan fingerprint density at radius 3 is 2.67 bits per heavy atom. The van der Waals surface area contributed by atoms with Gasteiger partial charge in [0.2, 0.25) is 0 Å². The molecule has 1 atom stereocenters. The van der Waals surface area contributed by atoms with E-state index >= 15 is 0 Å². The third-order valence-electron chi connectivity index (χ3n) is 5.86. The molecule has 1 heterocycles. The lowest BCUT2D eigenvalue weighted by Gasteiger charge is -2.15. The van der Waals surface area contributed by atoms with Crippen LogP contribution in [-0.2, 0) is 11.3 Å². The van der Waals surface area contributed by atoms with E-state index in [0.717, 1.165) is 47.4 Å². The molecule has 0 spiro atoms. The number of fused-ring (bicyclic) bond motifs is 1. The molecule has 33 heavy (non-hydrogen) atoms. The Morgan fingerprint density at radius 1 is 1.15 bits per heavy atom. The number of aromatic nitrogens is 2. The maximum absolute atomic E-state index is 11.3. The molecule has 0 bridgehead atoms. The van der Waals surface area contributed by atoms with Crippen molar-refractivity contribution in [2.45, 2.75) is 59.4 Å². The number of rotatable bonds is 13. The van der Waals surface area contributed by atoms with E-state index in [2.05, 4.69) is 16.5 Å². The van der Waals surface area contributed by atoms with Gasteiger partial charge in [-0.3, -0.25) is 4.79 Å². The molecule has 178 valence electrons. The minimum atomic E-state index is -0.785.